The number of hydrogen-bond donors (Lipinski definition) is 0. The molecule has 1 aromatic rings. The Bertz CT molecular complexity index is 543. The summed E-state index contributed by atoms with van der Waals surface area (Å²) in [5, 5.41) is 4.01. The van der Waals surface area contributed by atoms with Gasteiger partial charge in [0.1, 0.15) is 0 Å². The third-order valence-corrected chi connectivity index (χ3v) is 5.05. The zero-order chi connectivity index (χ0) is 15.0. The van der Waals surface area contributed by atoms with Crippen molar-refractivity contribution >= 4 is 28.8 Å². The van der Waals surface area contributed by atoms with Crippen LogP contribution in [0.5, 0.6) is 0 Å². The number of anilines is 1. The lowest BCUT2D eigenvalue weighted by molar-refractivity contribution is -0.131. The largest absolute Gasteiger partial charge is 0.341 e. The number of amides is 2. The number of carbonyl (C=O) groups excluding carboxylic acids is 2. The van der Waals surface area contributed by atoms with Crippen molar-refractivity contribution in [3.63, 3.8) is 0 Å². The second kappa shape index (κ2) is 5.42. The second-order valence-electron chi connectivity index (χ2n) is 6.44. The Hall–Kier alpha value is -1.40. The summed E-state index contributed by atoms with van der Waals surface area (Å²) in [7, 11) is 3.81. The summed E-state index contributed by atoms with van der Waals surface area (Å²) in [6.07, 6.45) is 1.49. The van der Waals surface area contributed by atoms with Gasteiger partial charge in [-0.1, -0.05) is 0 Å². The predicted molar refractivity (Wildman–Crippen MR) is 83.5 cm³/mol. The highest BCUT2D eigenvalue weighted by Gasteiger charge is 2.48. The Morgan fingerprint density at radius 2 is 2.24 bits per heavy atom. The van der Waals surface area contributed by atoms with Gasteiger partial charge in [-0.25, -0.2) is 0 Å². The quantitative estimate of drug-likeness (QED) is 0.844. The monoisotopic (exact) mass is 307 g/mol. The molecule has 2 aliphatic rings. The van der Waals surface area contributed by atoms with E-state index in [0.29, 0.717) is 19.5 Å². The van der Waals surface area contributed by atoms with Crippen molar-refractivity contribution in [3.05, 3.63) is 16.8 Å². The van der Waals surface area contributed by atoms with E-state index in [1.807, 2.05) is 45.6 Å². The average Bonchev–Trinajstić information content (AvgIpc) is 3.10. The molecule has 114 valence electrons. The number of carbonyl (C=O) groups is 2. The molecule has 2 aliphatic heterocycles. The van der Waals surface area contributed by atoms with Crippen molar-refractivity contribution in [2.45, 2.75) is 12.8 Å². The van der Waals surface area contributed by atoms with E-state index in [-0.39, 0.29) is 17.2 Å². The van der Waals surface area contributed by atoms with E-state index in [1.165, 1.54) is 0 Å². The Morgan fingerprint density at radius 1 is 1.43 bits per heavy atom. The van der Waals surface area contributed by atoms with Crippen molar-refractivity contribution in [3.8, 4) is 0 Å². The molecule has 0 N–H and O–H groups in total. The Morgan fingerprint density at radius 3 is 2.90 bits per heavy atom. The Labute approximate surface area is 129 Å². The molecule has 5 nitrogen and oxygen atoms in total. The minimum Gasteiger partial charge on any atom is -0.341 e. The first-order valence-corrected chi connectivity index (χ1v) is 8.18. The van der Waals surface area contributed by atoms with Gasteiger partial charge in [0.25, 0.3) is 0 Å². The fourth-order valence-electron chi connectivity index (χ4n) is 3.33. The van der Waals surface area contributed by atoms with Gasteiger partial charge in [0.05, 0.1) is 12.2 Å². The van der Waals surface area contributed by atoms with Crippen molar-refractivity contribution in [1.82, 2.24) is 9.80 Å². The van der Waals surface area contributed by atoms with Gasteiger partial charge < -0.3 is 14.7 Å². The molecule has 2 fully saturated rings. The SMILES string of the molecule is CN(C)CC(=O)N1CCC2(CC(=O)N(c3ccsc3)C2)C1. The first kappa shape index (κ1) is 14.5. The van der Waals surface area contributed by atoms with Crippen LogP contribution in [-0.2, 0) is 9.59 Å². The van der Waals surface area contributed by atoms with Crippen LogP contribution in [0.2, 0.25) is 0 Å². The van der Waals surface area contributed by atoms with E-state index in [4.69, 9.17) is 0 Å². The zero-order valence-corrected chi connectivity index (χ0v) is 13.4. The fraction of sp³-hybridized carbons (Fsp3) is 0.600. The molecule has 2 amide bonds. The molecule has 3 rings (SSSR count). The summed E-state index contributed by atoms with van der Waals surface area (Å²) in [5.41, 5.74) is 0.959. The Kier molecular flexibility index (Phi) is 3.75. The van der Waals surface area contributed by atoms with Crippen molar-refractivity contribution in [2.24, 2.45) is 5.41 Å². The molecule has 0 bridgehead atoms. The van der Waals surface area contributed by atoms with Gasteiger partial charge in [0, 0.05) is 36.9 Å². The van der Waals surface area contributed by atoms with Crippen molar-refractivity contribution in [2.75, 3.05) is 45.2 Å². The molecule has 1 aromatic heterocycles. The van der Waals surface area contributed by atoms with Gasteiger partial charge in [-0.2, -0.15) is 11.3 Å². The smallest absolute Gasteiger partial charge is 0.236 e. The summed E-state index contributed by atoms with van der Waals surface area (Å²) in [6.45, 7) is 2.68. The van der Waals surface area contributed by atoms with E-state index < -0.39 is 0 Å². The van der Waals surface area contributed by atoms with Crippen LogP contribution in [0.1, 0.15) is 12.8 Å². The molecule has 0 aromatic carbocycles. The van der Waals surface area contributed by atoms with Gasteiger partial charge in [0.15, 0.2) is 0 Å². The predicted octanol–water partition coefficient (Wildman–Crippen LogP) is 1.27. The summed E-state index contributed by atoms with van der Waals surface area (Å²) in [6, 6.07) is 1.99. The molecule has 1 spiro atoms. The normalized spacial score (nSPS) is 25.6. The number of nitrogens with zero attached hydrogens (tertiary/aromatic N) is 3. The molecular weight excluding hydrogens is 286 g/mol. The van der Waals surface area contributed by atoms with Crippen molar-refractivity contribution < 1.29 is 9.59 Å². The third kappa shape index (κ3) is 2.82. The standard InChI is InChI=1S/C15H21N3O2S/c1-16(2)8-14(20)17-5-4-15(10-17)7-13(19)18(11-15)12-3-6-21-9-12/h3,6,9H,4-5,7-8,10-11H2,1-2H3. The summed E-state index contributed by atoms with van der Waals surface area (Å²) in [5.74, 6) is 0.355. The third-order valence-electron chi connectivity index (χ3n) is 4.38. The van der Waals surface area contributed by atoms with Crippen LogP contribution < -0.4 is 4.90 Å². The lowest BCUT2D eigenvalue weighted by Crippen LogP contribution is -2.38. The van der Waals surface area contributed by atoms with Crippen LogP contribution in [0.25, 0.3) is 0 Å². The Balaban J connectivity index is 1.68. The van der Waals surface area contributed by atoms with Crippen molar-refractivity contribution in [1.29, 1.82) is 0 Å². The molecule has 21 heavy (non-hydrogen) atoms. The highest BCUT2D eigenvalue weighted by atomic mass is 32.1. The number of hydrogen-bond acceptors (Lipinski definition) is 4. The van der Waals surface area contributed by atoms with E-state index in [0.717, 1.165) is 25.2 Å². The van der Waals surface area contributed by atoms with Crippen LogP contribution in [0.15, 0.2) is 16.8 Å². The van der Waals surface area contributed by atoms with Gasteiger partial charge in [-0.15, -0.1) is 0 Å². The molecule has 2 saturated heterocycles. The molecule has 0 radical (unpaired) electrons. The van der Waals surface area contributed by atoms with Crippen LogP contribution in [0.3, 0.4) is 0 Å². The maximum absolute atomic E-state index is 12.3. The molecular formula is C15H21N3O2S. The van der Waals surface area contributed by atoms with E-state index >= 15 is 0 Å². The lowest BCUT2D eigenvalue weighted by atomic mass is 9.86. The molecule has 1 unspecified atom stereocenters. The minimum absolute atomic E-state index is 0.0407. The van der Waals surface area contributed by atoms with Gasteiger partial charge in [0.2, 0.25) is 11.8 Å². The lowest BCUT2D eigenvalue weighted by Gasteiger charge is -2.24. The van der Waals surface area contributed by atoms with Gasteiger partial charge in [-0.05, 0) is 32.0 Å². The summed E-state index contributed by atoms with van der Waals surface area (Å²) < 4.78 is 0. The maximum Gasteiger partial charge on any atom is 0.236 e. The first-order valence-electron chi connectivity index (χ1n) is 7.24. The number of likely N-dealkylation sites (tertiary alicyclic amines) is 1. The molecule has 3 heterocycles. The highest BCUT2D eigenvalue weighted by molar-refractivity contribution is 7.08. The molecule has 0 saturated carbocycles. The highest BCUT2D eigenvalue weighted by Crippen LogP contribution is 2.42. The topological polar surface area (TPSA) is 43.9 Å². The van der Waals surface area contributed by atoms with Gasteiger partial charge >= 0.3 is 0 Å². The van der Waals surface area contributed by atoms with Crippen LogP contribution in [0.4, 0.5) is 5.69 Å². The number of likely N-dealkylation sites (N-methyl/N-ethyl adjacent to an activating group) is 1. The maximum atomic E-state index is 12.3. The zero-order valence-electron chi connectivity index (χ0n) is 12.5. The van der Waals surface area contributed by atoms with E-state index in [2.05, 4.69) is 0 Å². The van der Waals surface area contributed by atoms with Crippen LogP contribution in [-0.4, -0.2) is 61.9 Å². The number of rotatable bonds is 3. The second-order valence-corrected chi connectivity index (χ2v) is 7.22. The van der Waals surface area contributed by atoms with E-state index in [9.17, 15) is 9.59 Å². The molecule has 1 atom stereocenters. The fourth-order valence-corrected chi connectivity index (χ4v) is 3.98. The number of thiophene rings is 1. The summed E-state index contributed by atoms with van der Waals surface area (Å²) in [4.78, 5) is 30.2. The minimum atomic E-state index is -0.0407. The average molecular weight is 307 g/mol. The van der Waals surface area contributed by atoms with Crippen LogP contribution in [0, 0.1) is 5.41 Å². The molecule has 0 aliphatic carbocycles. The summed E-state index contributed by atoms with van der Waals surface area (Å²) >= 11 is 1.61. The van der Waals surface area contributed by atoms with Gasteiger partial charge in [-0.3, -0.25) is 9.59 Å². The van der Waals surface area contributed by atoms with E-state index in [1.54, 1.807) is 11.3 Å². The molecule has 6 heteroatoms. The van der Waals surface area contributed by atoms with Crippen LogP contribution >= 0.6 is 11.3 Å². The first-order chi connectivity index (χ1) is 9.99.